The van der Waals surface area contributed by atoms with Crippen molar-refractivity contribution >= 4 is 17.6 Å². The Hall–Kier alpha value is -4.00. The number of ether oxygens (including phenoxy) is 2. The van der Waals surface area contributed by atoms with Crippen LogP contribution in [-0.2, 0) is 35.3 Å². The van der Waals surface area contributed by atoms with E-state index in [1.807, 2.05) is 44.2 Å². The molecule has 3 aromatic carbocycles. The number of carboxylic acids is 1. The van der Waals surface area contributed by atoms with E-state index in [9.17, 15) is 14.7 Å². The molecule has 3 aromatic rings. The minimum absolute atomic E-state index is 0.156. The van der Waals surface area contributed by atoms with Crippen molar-refractivity contribution in [3.05, 3.63) is 76.3 Å². The predicted molar refractivity (Wildman–Crippen MR) is 133 cm³/mol. The number of carbonyl (C=O) groups is 2. The van der Waals surface area contributed by atoms with Crippen LogP contribution in [0.2, 0.25) is 0 Å². The number of fused-ring (bicyclic) bond motifs is 1. The van der Waals surface area contributed by atoms with Crippen LogP contribution >= 0.6 is 0 Å². The van der Waals surface area contributed by atoms with Gasteiger partial charge in [-0.1, -0.05) is 37.3 Å². The Bertz CT molecular complexity index is 1250. The minimum atomic E-state index is -1.52. The number of phenols is 1. The molecule has 7 nitrogen and oxygen atoms in total. The second-order valence-corrected chi connectivity index (χ2v) is 8.57. The second-order valence-electron chi connectivity index (χ2n) is 8.57. The minimum Gasteiger partial charge on any atom is -0.508 e. The van der Waals surface area contributed by atoms with Gasteiger partial charge in [-0.25, -0.2) is 4.79 Å². The molecule has 1 amide bonds. The maximum absolute atomic E-state index is 11.8. The van der Waals surface area contributed by atoms with Gasteiger partial charge in [0, 0.05) is 23.2 Å². The summed E-state index contributed by atoms with van der Waals surface area (Å²) in [7, 11) is 0. The first-order chi connectivity index (χ1) is 16.9. The molecule has 0 atom stereocenters. The highest BCUT2D eigenvalue weighted by molar-refractivity contribution is 6.36. The van der Waals surface area contributed by atoms with Crippen molar-refractivity contribution in [1.82, 2.24) is 0 Å². The Balaban J connectivity index is 1.65. The summed E-state index contributed by atoms with van der Waals surface area (Å²) in [5.41, 5.74) is 4.95. The van der Waals surface area contributed by atoms with Gasteiger partial charge >= 0.3 is 11.9 Å². The number of hydrogen-bond donors (Lipinski definition) is 3. The Morgan fingerprint density at radius 2 is 1.77 bits per heavy atom. The molecule has 7 heteroatoms. The summed E-state index contributed by atoms with van der Waals surface area (Å²) in [5.74, 6) is -0.740. The van der Waals surface area contributed by atoms with Crippen LogP contribution < -0.4 is 14.8 Å². The van der Waals surface area contributed by atoms with Gasteiger partial charge in [-0.05, 0) is 67.5 Å². The predicted octanol–water partition coefficient (Wildman–Crippen LogP) is 5.19. The van der Waals surface area contributed by atoms with Gasteiger partial charge < -0.3 is 25.0 Å². The average molecular weight is 476 g/mol. The molecule has 3 N–H and O–H groups in total. The summed E-state index contributed by atoms with van der Waals surface area (Å²) in [5, 5.41) is 21.9. The summed E-state index contributed by atoms with van der Waals surface area (Å²) in [6.45, 7) is 4.24. The average Bonchev–Trinajstić information content (AvgIpc) is 3.33. The van der Waals surface area contributed by atoms with E-state index in [0.717, 1.165) is 41.5 Å². The van der Waals surface area contributed by atoms with E-state index in [0.29, 0.717) is 47.9 Å². The van der Waals surface area contributed by atoms with Gasteiger partial charge in [0.25, 0.3) is 0 Å². The highest BCUT2D eigenvalue weighted by Gasteiger charge is 2.26. The maximum atomic E-state index is 11.8. The van der Waals surface area contributed by atoms with Gasteiger partial charge in [-0.15, -0.1) is 0 Å². The molecule has 0 aliphatic heterocycles. The van der Waals surface area contributed by atoms with Crippen LogP contribution in [0.1, 0.15) is 41.2 Å². The topological polar surface area (TPSA) is 105 Å². The Morgan fingerprint density at radius 1 is 1.03 bits per heavy atom. The molecule has 182 valence electrons. The van der Waals surface area contributed by atoms with Gasteiger partial charge in [-0.2, -0.15) is 0 Å². The van der Waals surface area contributed by atoms with Crippen molar-refractivity contribution in [2.24, 2.45) is 0 Å². The molecule has 0 fully saturated rings. The first-order valence-electron chi connectivity index (χ1n) is 11.8. The summed E-state index contributed by atoms with van der Waals surface area (Å²) in [6.07, 6.45) is 3.64. The zero-order chi connectivity index (χ0) is 24.9. The van der Waals surface area contributed by atoms with E-state index in [1.54, 1.807) is 18.2 Å². The highest BCUT2D eigenvalue weighted by atomic mass is 16.5. The first-order valence-corrected chi connectivity index (χ1v) is 11.8. The molecular weight excluding hydrogens is 446 g/mol. The standard InChI is InChI=1S/C28H29NO6/c1-3-19-23(30)12-13-24(26(19)34-15-14-18-8-5-4-6-9-18)35-25-17(2)16-22(29-27(31)28(32)33)20-10-7-11-21(20)25/h4-6,8-9,12-13,16,30H,3,7,10-11,14-15H2,1-2H3,(H,29,31)(H,32,33). The van der Waals surface area contributed by atoms with Crippen LogP contribution in [0.5, 0.6) is 23.0 Å². The van der Waals surface area contributed by atoms with Gasteiger partial charge in [0.05, 0.1) is 6.61 Å². The lowest BCUT2D eigenvalue weighted by molar-refractivity contribution is -0.147. The number of phenolic OH excluding ortho intramolecular Hbond substituents is 1. The summed E-state index contributed by atoms with van der Waals surface area (Å²) in [6, 6.07) is 15.1. The van der Waals surface area contributed by atoms with Crippen molar-refractivity contribution in [1.29, 1.82) is 0 Å². The van der Waals surface area contributed by atoms with Crippen LogP contribution in [-0.4, -0.2) is 28.7 Å². The van der Waals surface area contributed by atoms with E-state index < -0.39 is 11.9 Å². The fourth-order valence-corrected chi connectivity index (χ4v) is 4.53. The molecule has 1 aliphatic carbocycles. The fraction of sp³-hybridized carbons (Fsp3) is 0.286. The van der Waals surface area contributed by atoms with Crippen LogP contribution in [0, 0.1) is 6.92 Å². The summed E-state index contributed by atoms with van der Waals surface area (Å²) in [4.78, 5) is 22.8. The van der Waals surface area contributed by atoms with E-state index in [2.05, 4.69) is 5.32 Å². The van der Waals surface area contributed by atoms with Gasteiger partial charge in [0.2, 0.25) is 0 Å². The number of rotatable bonds is 8. The Kier molecular flexibility index (Phi) is 7.25. The molecule has 0 aromatic heterocycles. The normalized spacial score (nSPS) is 12.2. The molecule has 0 saturated carbocycles. The van der Waals surface area contributed by atoms with Gasteiger partial charge in [-0.3, -0.25) is 4.79 Å². The van der Waals surface area contributed by atoms with Crippen molar-refractivity contribution in [2.45, 2.75) is 46.0 Å². The molecular formula is C28H29NO6. The number of carbonyl (C=O) groups excluding carboxylic acids is 1. The molecule has 4 rings (SSSR count). The number of amides is 1. The SMILES string of the molecule is CCc1c(O)ccc(Oc2c(C)cc(NC(=O)C(=O)O)c3c2CCC3)c1OCCc1ccccc1. The monoisotopic (exact) mass is 475 g/mol. The third-order valence-corrected chi connectivity index (χ3v) is 6.22. The number of aliphatic carboxylic acids is 1. The van der Waals surface area contributed by atoms with Crippen LogP contribution in [0.25, 0.3) is 0 Å². The maximum Gasteiger partial charge on any atom is 0.394 e. The number of aryl methyl sites for hydroxylation is 1. The third-order valence-electron chi connectivity index (χ3n) is 6.22. The van der Waals surface area contributed by atoms with Crippen molar-refractivity contribution in [2.75, 3.05) is 11.9 Å². The highest BCUT2D eigenvalue weighted by Crippen LogP contribution is 2.45. The second kappa shape index (κ2) is 10.5. The smallest absolute Gasteiger partial charge is 0.394 e. The lowest BCUT2D eigenvalue weighted by atomic mass is 10.0. The van der Waals surface area contributed by atoms with Crippen molar-refractivity contribution < 1.29 is 29.3 Å². The Morgan fingerprint density at radius 3 is 2.49 bits per heavy atom. The number of anilines is 1. The molecule has 0 bridgehead atoms. The molecule has 0 radical (unpaired) electrons. The molecule has 0 unspecified atom stereocenters. The van der Waals surface area contributed by atoms with E-state index in [1.165, 1.54) is 0 Å². The van der Waals surface area contributed by atoms with Crippen LogP contribution in [0.3, 0.4) is 0 Å². The number of aromatic hydroxyl groups is 1. The van der Waals surface area contributed by atoms with Gasteiger partial charge in [0.1, 0.15) is 11.5 Å². The summed E-state index contributed by atoms with van der Waals surface area (Å²) < 4.78 is 12.6. The van der Waals surface area contributed by atoms with E-state index in [4.69, 9.17) is 14.6 Å². The Labute approximate surface area is 204 Å². The number of nitrogens with one attached hydrogen (secondary N) is 1. The van der Waals surface area contributed by atoms with Gasteiger partial charge in [0.15, 0.2) is 11.5 Å². The lowest BCUT2D eigenvalue weighted by Crippen LogP contribution is -2.22. The number of benzene rings is 3. The zero-order valence-corrected chi connectivity index (χ0v) is 19.9. The van der Waals surface area contributed by atoms with Crippen LogP contribution in [0.15, 0.2) is 48.5 Å². The van der Waals surface area contributed by atoms with Crippen LogP contribution in [0.4, 0.5) is 5.69 Å². The largest absolute Gasteiger partial charge is 0.508 e. The fourth-order valence-electron chi connectivity index (χ4n) is 4.53. The molecule has 1 aliphatic rings. The van der Waals surface area contributed by atoms with E-state index in [-0.39, 0.29) is 5.75 Å². The third kappa shape index (κ3) is 5.24. The zero-order valence-electron chi connectivity index (χ0n) is 19.9. The first kappa shape index (κ1) is 24.1. The summed E-state index contributed by atoms with van der Waals surface area (Å²) >= 11 is 0. The molecule has 0 heterocycles. The van der Waals surface area contributed by atoms with Crippen molar-refractivity contribution in [3.8, 4) is 23.0 Å². The number of hydrogen-bond acceptors (Lipinski definition) is 5. The molecule has 0 saturated heterocycles. The lowest BCUT2D eigenvalue weighted by Gasteiger charge is -2.20. The van der Waals surface area contributed by atoms with E-state index >= 15 is 0 Å². The van der Waals surface area contributed by atoms with Crippen molar-refractivity contribution in [3.63, 3.8) is 0 Å². The quantitative estimate of drug-likeness (QED) is 0.387. The number of carboxylic acid groups (broad SMARTS) is 1. The molecule has 35 heavy (non-hydrogen) atoms. The molecule has 0 spiro atoms.